The van der Waals surface area contributed by atoms with E-state index < -0.39 is 35.1 Å². The zero-order chi connectivity index (χ0) is 14.9. The van der Waals surface area contributed by atoms with Crippen LogP contribution < -0.4 is 27.0 Å². The molecule has 0 aliphatic carbocycles. The third-order valence-corrected chi connectivity index (χ3v) is 1.60. The summed E-state index contributed by atoms with van der Waals surface area (Å²) in [6.07, 6.45) is -3.28. The average Bonchev–Trinajstić information content (AvgIpc) is 2.24. The third-order valence-electron chi connectivity index (χ3n) is 1.60. The second-order valence-electron chi connectivity index (χ2n) is 3.07. The Kier molecular flexibility index (Phi) is 18.3. The van der Waals surface area contributed by atoms with Crippen molar-refractivity contribution in [3.63, 3.8) is 0 Å². The second-order valence-corrected chi connectivity index (χ2v) is 3.07. The first-order valence-electron chi connectivity index (χ1n) is 4.56. The molecule has 9 N–H and O–H groups in total. The van der Waals surface area contributed by atoms with Crippen molar-refractivity contribution in [3.8, 4) is 0 Å². The van der Waals surface area contributed by atoms with Crippen molar-refractivity contribution in [2.75, 3.05) is 7.05 Å². The van der Waals surface area contributed by atoms with Crippen LogP contribution in [-0.4, -0.2) is 47.4 Å². The summed E-state index contributed by atoms with van der Waals surface area (Å²) >= 11 is 0. The van der Waals surface area contributed by atoms with E-state index in [2.05, 4.69) is 0 Å². The number of carbonyl (C=O) groups is 4. The molecule has 0 saturated carbocycles. The van der Waals surface area contributed by atoms with Crippen molar-refractivity contribution >= 4 is 24.1 Å². The number of hydrogen-bond donors (Lipinski definition) is 5. The Morgan fingerprint density at radius 1 is 1.15 bits per heavy atom. The maximum atomic E-state index is 9.86. The van der Waals surface area contributed by atoms with Crippen molar-refractivity contribution < 1.29 is 61.6 Å². The minimum absolute atomic E-state index is 0. The van der Waals surface area contributed by atoms with Gasteiger partial charge >= 0.3 is 12.2 Å². The zero-order valence-corrected chi connectivity index (χ0v) is 11.9. The fourth-order valence-electron chi connectivity index (χ4n) is 0.483. The van der Waals surface area contributed by atoms with Gasteiger partial charge in [-0.05, 0) is 12.8 Å². The molecule has 0 fully saturated rings. The largest absolute Gasteiger partial charge is 0.550 e. The van der Waals surface area contributed by atoms with Gasteiger partial charge in [-0.3, -0.25) is 0 Å². The van der Waals surface area contributed by atoms with E-state index in [1.54, 1.807) is 0 Å². The van der Waals surface area contributed by atoms with Crippen LogP contribution in [0.15, 0.2) is 0 Å². The van der Waals surface area contributed by atoms with E-state index in [1.807, 2.05) is 0 Å². The van der Waals surface area contributed by atoms with Gasteiger partial charge in [0.05, 0.1) is 13.0 Å². The molecule has 0 heterocycles. The monoisotopic (exact) mass is 339 g/mol. The Morgan fingerprint density at radius 2 is 1.50 bits per heavy atom. The van der Waals surface area contributed by atoms with E-state index in [9.17, 15) is 29.4 Å². The summed E-state index contributed by atoms with van der Waals surface area (Å²) in [5.74, 6) is -2.75. The molecule has 0 aromatic carbocycles. The summed E-state index contributed by atoms with van der Waals surface area (Å²) in [5, 5.41) is 35.5. The topological polar surface area (TPSA) is 222 Å². The fraction of sp³-hybridized carbons (Fsp3) is 0.500. The van der Waals surface area contributed by atoms with Gasteiger partial charge in [-0.25, -0.2) is 0 Å². The maximum Gasteiger partial charge on any atom is 0.522 e. The van der Waals surface area contributed by atoms with Gasteiger partial charge in [0.15, 0.2) is 0 Å². The van der Waals surface area contributed by atoms with Crippen molar-refractivity contribution in [1.82, 2.24) is 6.15 Å². The van der Waals surface area contributed by atoms with Crippen LogP contribution in [0.4, 0.5) is 9.59 Å². The molecule has 0 aliphatic rings. The average molecular weight is 339 g/mol. The predicted molar refractivity (Wildman–Crippen MR) is 56.1 cm³/mol. The summed E-state index contributed by atoms with van der Waals surface area (Å²) in [5.41, 5.74) is 4.91. The first-order chi connectivity index (χ1) is 8.09. The molecule has 11 nitrogen and oxygen atoms in total. The maximum absolute atomic E-state index is 9.86. The molecule has 120 valence electrons. The molecule has 0 aromatic rings. The molecule has 0 spiro atoms. The number of carboxylic acids is 2. The van der Waals surface area contributed by atoms with Gasteiger partial charge in [0.25, 0.3) is 0 Å². The number of quaternary nitrogens is 2. The molecule has 0 saturated heterocycles. The summed E-state index contributed by atoms with van der Waals surface area (Å²) in [6, 6.07) is -1.21. The van der Waals surface area contributed by atoms with Crippen molar-refractivity contribution in [2.45, 2.75) is 18.9 Å². The Morgan fingerprint density at radius 3 is 1.65 bits per heavy atom. The molecule has 0 radical (unpaired) electrons. The molecule has 12 heteroatoms. The molecule has 0 bridgehead atoms. The van der Waals surface area contributed by atoms with Gasteiger partial charge < -0.3 is 41.9 Å². The minimum Gasteiger partial charge on any atom is -0.550 e. The van der Waals surface area contributed by atoms with E-state index in [-0.39, 0.29) is 36.1 Å². The normalized spacial score (nSPS) is 9.95. The minimum atomic E-state index is -1.44. The van der Waals surface area contributed by atoms with Crippen LogP contribution in [0.2, 0.25) is 0 Å². The zero-order valence-electron chi connectivity index (χ0n) is 10.8. The predicted octanol–water partition coefficient (Wildman–Crippen LogP) is -4.18. The first-order valence-corrected chi connectivity index (χ1v) is 4.56. The van der Waals surface area contributed by atoms with Gasteiger partial charge in [0.2, 0.25) is 0 Å². The molecular weight excluding hydrogens is 322 g/mol. The first kappa shape index (κ1) is 26.8. The van der Waals surface area contributed by atoms with E-state index in [0.717, 1.165) is 7.05 Å². The fourth-order valence-corrected chi connectivity index (χ4v) is 0.483. The molecule has 1 atom stereocenters. The van der Waals surface area contributed by atoms with Gasteiger partial charge in [0, 0.05) is 29.1 Å². The van der Waals surface area contributed by atoms with Crippen molar-refractivity contribution in [2.24, 2.45) is 5.73 Å². The van der Waals surface area contributed by atoms with Gasteiger partial charge in [-0.1, -0.05) is 0 Å². The second kappa shape index (κ2) is 13.7. The number of nitrogens with one attached hydrogen (secondary N) is 1. The third kappa shape index (κ3) is 16.3. The Balaban J connectivity index is -0.000000119. The smallest absolute Gasteiger partial charge is 0.522 e. The van der Waals surface area contributed by atoms with Gasteiger partial charge in [0.1, 0.15) is 0 Å². The summed E-state index contributed by atoms with van der Waals surface area (Å²) in [4.78, 5) is 38.5. The van der Waals surface area contributed by atoms with Crippen LogP contribution in [0.3, 0.4) is 0 Å². The Hall–Kier alpha value is -1.72. The number of carboxylic acid groups (broad SMARTS) is 4. The SMILES string of the molecule is C[NH+](C(=O)O)C(=O)O.NC(CCC(=O)[O-])C(=O)[O-].[Fe].[NH4+]. The Bertz CT molecular complexity index is 324. The summed E-state index contributed by atoms with van der Waals surface area (Å²) in [6.45, 7) is 0. The van der Waals surface area contributed by atoms with Gasteiger partial charge in [-0.15, -0.1) is 4.90 Å². The number of amides is 2. The Labute approximate surface area is 124 Å². The number of carbonyl (C=O) groups excluding carboxylic acids is 2. The summed E-state index contributed by atoms with van der Waals surface area (Å²) in [7, 11) is 1.03. The van der Waals surface area contributed by atoms with E-state index in [1.165, 1.54) is 0 Å². The number of rotatable bonds is 4. The van der Waals surface area contributed by atoms with Crippen LogP contribution in [0, 0.1) is 0 Å². The number of nitrogens with two attached hydrogens (primary N) is 1. The van der Waals surface area contributed by atoms with Crippen LogP contribution in [-0.2, 0) is 26.7 Å². The number of aliphatic carboxylic acids is 2. The molecule has 0 aliphatic heterocycles. The quantitative estimate of drug-likeness (QED) is 0.313. The van der Waals surface area contributed by atoms with E-state index in [0.29, 0.717) is 0 Å². The molecule has 0 rings (SSSR count). The van der Waals surface area contributed by atoms with E-state index >= 15 is 0 Å². The van der Waals surface area contributed by atoms with Crippen LogP contribution in [0.25, 0.3) is 0 Å². The number of imide groups is 1. The standard InChI is InChI=1S/C5H9NO4.C3H5NO4.Fe.H3N/c6-3(5(9)10)1-2-4(7)8;1-4(2(5)6)3(7)8;;/h3H,1-2,6H2,(H,7,8)(H,9,10);1H3,(H,5,6)(H,7,8);;1H3. The molecular formula is C8H17FeN3O8. The van der Waals surface area contributed by atoms with E-state index in [4.69, 9.17) is 15.9 Å². The van der Waals surface area contributed by atoms with Crippen LogP contribution in [0.1, 0.15) is 12.8 Å². The van der Waals surface area contributed by atoms with Gasteiger partial charge in [-0.2, -0.15) is 9.59 Å². The van der Waals surface area contributed by atoms with Crippen LogP contribution >= 0.6 is 0 Å². The molecule has 0 aromatic heterocycles. The van der Waals surface area contributed by atoms with Crippen molar-refractivity contribution in [1.29, 1.82) is 0 Å². The van der Waals surface area contributed by atoms with Crippen LogP contribution in [0.5, 0.6) is 0 Å². The molecule has 2 amide bonds. The molecule has 1 unspecified atom stereocenters. The van der Waals surface area contributed by atoms with Crippen molar-refractivity contribution in [3.05, 3.63) is 0 Å². The number of hydrogen-bond acceptors (Lipinski definition) is 7. The summed E-state index contributed by atoms with van der Waals surface area (Å²) < 4.78 is 0. The molecule has 20 heavy (non-hydrogen) atoms.